The first-order valence-corrected chi connectivity index (χ1v) is 7.24. The van der Waals surface area contributed by atoms with Crippen molar-refractivity contribution in [3.8, 4) is 0 Å². The molecule has 4 heteroatoms. The second-order valence-electron chi connectivity index (χ2n) is 5.64. The average molecular weight is 272 g/mol. The van der Waals surface area contributed by atoms with Crippen molar-refractivity contribution < 1.29 is 9.21 Å². The normalized spacial score (nSPS) is 22.9. The van der Waals surface area contributed by atoms with Gasteiger partial charge >= 0.3 is 0 Å². The Morgan fingerprint density at radius 3 is 2.80 bits per heavy atom. The molecule has 1 saturated carbocycles. The van der Waals surface area contributed by atoms with Gasteiger partial charge in [-0.1, -0.05) is 18.2 Å². The van der Waals surface area contributed by atoms with Crippen molar-refractivity contribution in [1.82, 2.24) is 5.32 Å². The Labute approximate surface area is 118 Å². The summed E-state index contributed by atoms with van der Waals surface area (Å²) in [5.41, 5.74) is 7.26. The van der Waals surface area contributed by atoms with Crippen LogP contribution in [0.25, 0.3) is 11.0 Å². The van der Waals surface area contributed by atoms with Gasteiger partial charge in [0, 0.05) is 18.0 Å². The average Bonchev–Trinajstić information content (AvgIpc) is 2.90. The molecule has 4 nitrogen and oxygen atoms in total. The summed E-state index contributed by atoms with van der Waals surface area (Å²) in [5.74, 6) is 0.502. The number of nitrogens with one attached hydrogen (secondary N) is 1. The minimum Gasteiger partial charge on any atom is -0.463 e. The number of carbonyl (C=O) groups excluding carboxylic acids is 1. The zero-order chi connectivity index (χ0) is 13.9. The van der Waals surface area contributed by atoms with Gasteiger partial charge in [0.05, 0.1) is 5.56 Å². The number of hydrogen-bond donors (Lipinski definition) is 2. The fraction of sp³-hybridized carbons (Fsp3) is 0.438. The number of carbonyl (C=O) groups is 1. The Hall–Kier alpha value is -1.81. The summed E-state index contributed by atoms with van der Waals surface area (Å²) in [7, 11) is 0. The molecule has 0 aliphatic heterocycles. The van der Waals surface area contributed by atoms with Gasteiger partial charge in [-0.25, -0.2) is 0 Å². The van der Waals surface area contributed by atoms with Crippen LogP contribution in [0.1, 0.15) is 36.0 Å². The first-order valence-electron chi connectivity index (χ1n) is 7.24. The highest BCUT2D eigenvalue weighted by atomic mass is 16.3. The molecule has 3 rings (SSSR count). The number of fused-ring (bicyclic) bond motifs is 1. The van der Waals surface area contributed by atoms with Gasteiger partial charge < -0.3 is 15.5 Å². The zero-order valence-electron chi connectivity index (χ0n) is 11.5. The molecule has 1 aliphatic rings. The Balaban J connectivity index is 1.62. The van der Waals surface area contributed by atoms with E-state index in [4.69, 9.17) is 10.2 Å². The molecule has 106 valence electrons. The lowest BCUT2D eigenvalue weighted by atomic mass is 9.86. The highest BCUT2D eigenvalue weighted by Crippen LogP contribution is 2.23. The summed E-state index contributed by atoms with van der Waals surface area (Å²) in [6, 6.07) is 7.94. The van der Waals surface area contributed by atoms with Gasteiger partial charge in [0.25, 0.3) is 5.91 Å². The molecule has 0 saturated heterocycles. The fourth-order valence-corrected chi connectivity index (χ4v) is 2.88. The number of amides is 1. The van der Waals surface area contributed by atoms with Crippen LogP contribution in [0.2, 0.25) is 0 Å². The van der Waals surface area contributed by atoms with Crippen LogP contribution in [0, 0.1) is 5.92 Å². The molecule has 1 aliphatic carbocycles. The fourth-order valence-electron chi connectivity index (χ4n) is 2.88. The number of benzene rings is 1. The van der Waals surface area contributed by atoms with E-state index in [2.05, 4.69) is 5.32 Å². The van der Waals surface area contributed by atoms with E-state index in [-0.39, 0.29) is 5.91 Å². The molecule has 1 aromatic heterocycles. The molecule has 0 bridgehead atoms. The van der Waals surface area contributed by atoms with Crippen LogP contribution in [0.4, 0.5) is 0 Å². The Morgan fingerprint density at radius 1 is 1.25 bits per heavy atom. The van der Waals surface area contributed by atoms with Crippen LogP contribution in [-0.4, -0.2) is 18.5 Å². The van der Waals surface area contributed by atoms with Crippen LogP contribution in [0.5, 0.6) is 0 Å². The van der Waals surface area contributed by atoms with Gasteiger partial charge in [0.2, 0.25) is 0 Å². The monoisotopic (exact) mass is 272 g/mol. The smallest absolute Gasteiger partial charge is 0.255 e. The van der Waals surface area contributed by atoms with E-state index in [9.17, 15) is 4.79 Å². The minimum atomic E-state index is -0.0511. The summed E-state index contributed by atoms with van der Waals surface area (Å²) < 4.78 is 5.40. The summed E-state index contributed by atoms with van der Waals surface area (Å²) in [6.45, 7) is 0.727. The van der Waals surface area contributed by atoms with Gasteiger partial charge in [0.15, 0.2) is 0 Å². The Morgan fingerprint density at radius 2 is 2.00 bits per heavy atom. The van der Waals surface area contributed by atoms with E-state index < -0.39 is 0 Å². The highest BCUT2D eigenvalue weighted by Gasteiger charge is 2.20. The maximum Gasteiger partial charge on any atom is 0.255 e. The molecular weight excluding hydrogens is 252 g/mol. The Kier molecular flexibility index (Phi) is 3.74. The lowest BCUT2D eigenvalue weighted by Gasteiger charge is -2.26. The molecule has 0 unspecified atom stereocenters. The second-order valence-corrected chi connectivity index (χ2v) is 5.64. The molecule has 0 atom stereocenters. The molecule has 1 heterocycles. The van der Waals surface area contributed by atoms with Crippen molar-refractivity contribution in [2.45, 2.75) is 31.7 Å². The van der Waals surface area contributed by atoms with Gasteiger partial charge in [0.1, 0.15) is 11.8 Å². The van der Waals surface area contributed by atoms with E-state index in [0.29, 0.717) is 17.5 Å². The predicted octanol–water partition coefficient (Wildman–Crippen LogP) is 2.68. The predicted molar refractivity (Wildman–Crippen MR) is 78.5 cm³/mol. The summed E-state index contributed by atoms with van der Waals surface area (Å²) >= 11 is 0. The molecule has 2 aromatic rings. The molecule has 1 aromatic carbocycles. The molecule has 3 N–H and O–H groups in total. The third-order valence-corrected chi connectivity index (χ3v) is 4.17. The van der Waals surface area contributed by atoms with E-state index in [0.717, 1.165) is 43.2 Å². The van der Waals surface area contributed by atoms with Gasteiger partial charge in [-0.2, -0.15) is 0 Å². The first-order chi connectivity index (χ1) is 9.74. The highest BCUT2D eigenvalue weighted by molar-refractivity contribution is 6.05. The molecule has 1 amide bonds. The third-order valence-electron chi connectivity index (χ3n) is 4.17. The molecule has 20 heavy (non-hydrogen) atoms. The van der Waals surface area contributed by atoms with Crippen molar-refractivity contribution in [3.05, 3.63) is 36.1 Å². The van der Waals surface area contributed by atoms with Crippen molar-refractivity contribution >= 4 is 16.9 Å². The van der Waals surface area contributed by atoms with E-state index in [1.165, 1.54) is 6.26 Å². The number of nitrogens with two attached hydrogens (primary N) is 1. The number of para-hydroxylation sites is 1. The molecule has 0 spiro atoms. The van der Waals surface area contributed by atoms with Crippen LogP contribution < -0.4 is 11.1 Å². The number of furan rings is 1. The van der Waals surface area contributed by atoms with Crippen molar-refractivity contribution in [1.29, 1.82) is 0 Å². The lowest BCUT2D eigenvalue weighted by Crippen LogP contribution is -2.34. The van der Waals surface area contributed by atoms with E-state index in [1.54, 1.807) is 0 Å². The van der Waals surface area contributed by atoms with Crippen LogP contribution in [-0.2, 0) is 0 Å². The van der Waals surface area contributed by atoms with E-state index in [1.807, 2.05) is 24.3 Å². The second kappa shape index (κ2) is 5.67. The molecular formula is C16H20N2O2. The molecule has 1 fully saturated rings. The van der Waals surface area contributed by atoms with Crippen LogP contribution in [0.15, 0.2) is 34.9 Å². The molecule has 0 radical (unpaired) electrons. The first kappa shape index (κ1) is 13.2. The number of rotatable bonds is 3. The van der Waals surface area contributed by atoms with Crippen molar-refractivity contribution in [2.75, 3.05) is 6.54 Å². The maximum absolute atomic E-state index is 12.2. The third kappa shape index (κ3) is 2.70. The van der Waals surface area contributed by atoms with Crippen LogP contribution in [0.3, 0.4) is 0 Å². The SMILES string of the molecule is NC1CCC(CNC(=O)c2coc3ccccc23)CC1. The maximum atomic E-state index is 12.2. The van der Waals surface area contributed by atoms with Gasteiger partial charge in [-0.05, 0) is 37.7 Å². The van der Waals surface area contributed by atoms with Gasteiger partial charge in [-0.3, -0.25) is 4.79 Å². The topological polar surface area (TPSA) is 68.3 Å². The summed E-state index contributed by atoms with van der Waals surface area (Å²) in [6.07, 6.45) is 5.88. The van der Waals surface area contributed by atoms with Gasteiger partial charge in [-0.15, -0.1) is 0 Å². The minimum absolute atomic E-state index is 0.0511. The Bertz CT molecular complexity index is 597. The number of hydrogen-bond acceptors (Lipinski definition) is 3. The van der Waals surface area contributed by atoms with Crippen molar-refractivity contribution in [3.63, 3.8) is 0 Å². The lowest BCUT2D eigenvalue weighted by molar-refractivity contribution is 0.0944. The van der Waals surface area contributed by atoms with Crippen LogP contribution >= 0.6 is 0 Å². The van der Waals surface area contributed by atoms with Crippen molar-refractivity contribution in [2.24, 2.45) is 11.7 Å². The van der Waals surface area contributed by atoms with E-state index >= 15 is 0 Å². The summed E-state index contributed by atoms with van der Waals surface area (Å²) in [4.78, 5) is 12.2. The summed E-state index contributed by atoms with van der Waals surface area (Å²) in [5, 5.41) is 3.89. The zero-order valence-corrected chi connectivity index (χ0v) is 11.5. The standard InChI is InChI=1S/C16H20N2O2/c17-12-7-5-11(6-8-12)9-18-16(19)14-10-20-15-4-2-1-3-13(14)15/h1-4,10-12H,5-9,17H2,(H,18,19). The quantitative estimate of drug-likeness (QED) is 0.902. The largest absolute Gasteiger partial charge is 0.463 e.